The monoisotopic (exact) mass is 572 g/mol. The van der Waals surface area contributed by atoms with Gasteiger partial charge in [0.2, 0.25) is 9.84 Å². The van der Waals surface area contributed by atoms with Gasteiger partial charge in [-0.2, -0.15) is 0 Å². The summed E-state index contributed by atoms with van der Waals surface area (Å²) in [5.74, 6) is 5.13. The number of fused-ring (bicyclic) bond motifs is 1. The van der Waals surface area contributed by atoms with Crippen LogP contribution < -0.4 is 0 Å². The fourth-order valence-corrected chi connectivity index (χ4v) is 9.51. The van der Waals surface area contributed by atoms with E-state index in [1.165, 1.54) is 6.26 Å². The Bertz CT molecular complexity index is 1410. The van der Waals surface area contributed by atoms with Crippen molar-refractivity contribution in [2.75, 3.05) is 19.5 Å². The summed E-state index contributed by atoms with van der Waals surface area (Å²) in [6.45, 7) is 8.76. The summed E-state index contributed by atoms with van der Waals surface area (Å²) in [5, 5.41) is 0. The minimum Gasteiger partial charge on any atom is -0.381 e. The average molecular weight is 574 g/mol. The fraction of sp³-hybridized carbons (Fsp3) is 0.478. The van der Waals surface area contributed by atoms with Crippen molar-refractivity contribution in [1.82, 2.24) is 9.55 Å². The van der Waals surface area contributed by atoms with E-state index in [4.69, 9.17) is 9.72 Å². The first-order valence-electron chi connectivity index (χ1n) is 10.7. The number of hydrogen-bond donors (Lipinski definition) is 0. The van der Waals surface area contributed by atoms with Crippen molar-refractivity contribution in [2.24, 2.45) is 5.92 Å². The van der Waals surface area contributed by atoms with Gasteiger partial charge in [0.15, 0.2) is 0 Å². The van der Waals surface area contributed by atoms with E-state index >= 15 is 0 Å². The molecule has 1 aliphatic rings. The zero-order valence-electron chi connectivity index (χ0n) is 19.3. The molecule has 3 aromatic rings. The molecule has 0 radical (unpaired) electrons. The van der Waals surface area contributed by atoms with Gasteiger partial charge in [-0.05, 0) is 64.8 Å². The Morgan fingerprint density at radius 1 is 1.21 bits per heavy atom. The van der Waals surface area contributed by atoms with Crippen molar-refractivity contribution < 1.29 is 17.4 Å². The van der Waals surface area contributed by atoms with Crippen LogP contribution in [0.15, 0.2) is 42.1 Å². The molecular weight excluding hydrogens is 544 g/mol. The number of imidazole rings is 1. The molecule has 2 aromatic heterocycles. The zero-order chi connectivity index (χ0) is 24.2. The van der Waals surface area contributed by atoms with Gasteiger partial charge in [-0.3, -0.25) is 4.21 Å². The lowest BCUT2D eigenvalue weighted by molar-refractivity contribution is 0.0611. The maximum absolute atomic E-state index is 13.5. The third-order valence-electron chi connectivity index (χ3n) is 5.78. The van der Waals surface area contributed by atoms with Gasteiger partial charge in [0.25, 0.3) is 0 Å². The van der Waals surface area contributed by atoms with Crippen LogP contribution in [-0.4, -0.2) is 47.5 Å². The lowest BCUT2D eigenvalue weighted by Gasteiger charge is -2.26. The molecule has 6 nitrogen and oxygen atoms in total. The second kappa shape index (κ2) is 8.78. The first kappa shape index (κ1) is 24.9. The molecule has 0 aliphatic carbocycles. The summed E-state index contributed by atoms with van der Waals surface area (Å²) < 4.78 is 48.0. The molecule has 0 spiro atoms. The number of ether oxygens (including phenoxy) is 1. The Morgan fingerprint density at radius 3 is 2.45 bits per heavy atom. The van der Waals surface area contributed by atoms with Gasteiger partial charge in [-0.1, -0.05) is 20.8 Å². The van der Waals surface area contributed by atoms with Crippen molar-refractivity contribution >= 4 is 63.5 Å². The highest BCUT2D eigenvalue weighted by atomic mass is 79.9. The van der Waals surface area contributed by atoms with Crippen LogP contribution in [-0.2, 0) is 36.1 Å². The Kier molecular flexibility index (Phi) is 6.63. The second-order valence-corrected chi connectivity index (χ2v) is 16.5. The van der Waals surface area contributed by atoms with E-state index in [1.54, 1.807) is 18.2 Å². The van der Waals surface area contributed by atoms with Crippen molar-refractivity contribution in [2.45, 2.75) is 58.9 Å². The molecule has 0 amide bonds. The molecule has 1 aromatic carbocycles. The topological polar surface area (TPSA) is 78.3 Å². The molecule has 3 heterocycles. The molecule has 4 rings (SSSR count). The molecule has 10 heteroatoms. The van der Waals surface area contributed by atoms with Crippen LogP contribution in [0.2, 0.25) is 0 Å². The predicted octanol–water partition coefficient (Wildman–Crippen LogP) is 5.12. The van der Waals surface area contributed by atoms with Crippen LogP contribution in [0.1, 0.15) is 39.4 Å². The second-order valence-electron chi connectivity index (χ2n) is 9.71. The Labute approximate surface area is 208 Å². The number of sulfone groups is 1. The van der Waals surface area contributed by atoms with Gasteiger partial charge >= 0.3 is 0 Å². The van der Waals surface area contributed by atoms with Crippen LogP contribution >= 0.6 is 27.3 Å². The van der Waals surface area contributed by atoms with Crippen LogP contribution in [0.5, 0.6) is 0 Å². The first-order chi connectivity index (χ1) is 15.3. The van der Waals surface area contributed by atoms with Crippen molar-refractivity contribution in [3.05, 3.63) is 34.6 Å². The summed E-state index contributed by atoms with van der Waals surface area (Å²) in [4.78, 5) is 5.06. The number of rotatable bonds is 5. The third kappa shape index (κ3) is 4.96. The highest BCUT2D eigenvalue weighted by molar-refractivity contribution is 9.10. The molecule has 33 heavy (non-hydrogen) atoms. The molecule has 0 saturated carbocycles. The van der Waals surface area contributed by atoms with E-state index in [9.17, 15) is 12.6 Å². The standard InChI is InChI=1S/C23H29BrN2O4S3/c1-23(2,3)22-25-18-12-16(6-7-19(18)26(22)14-15-8-10-30-11-9-15)33(28,29)21-17(24)13-20(31-21)32(4,5)27/h6-7,12-13,15H,4,8-11,14H2,1-3,5H3. The molecule has 0 bridgehead atoms. The van der Waals surface area contributed by atoms with Crippen LogP contribution in [0, 0.1) is 5.92 Å². The summed E-state index contributed by atoms with van der Waals surface area (Å²) in [7, 11) is -6.33. The van der Waals surface area contributed by atoms with Crippen LogP contribution in [0.4, 0.5) is 0 Å². The number of nitrogens with zero attached hydrogens (tertiary/aromatic N) is 2. The first-order valence-corrected chi connectivity index (χ1v) is 16.0. The predicted molar refractivity (Wildman–Crippen MR) is 139 cm³/mol. The van der Waals surface area contributed by atoms with Gasteiger partial charge in [-0.15, -0.1) is 11.3 Å². The van der Waals surface area contributed by atoms with E-state index in [0.29, 0.717) is 20.1 Å². The summed E-state index contributed by atoms with van der Waals surface area (Å²) in [5.41, 5.74) is 1.41. The highest BCUT2D eigenvalue weighted by Gasteiger charge is 2.29. The molecule has 1 atom stereocenters. The third-order valence-corrected chi connectivity index (χ3v) is 12.4. The minimum atomic E-state index is -3.81. The summed E-state index contributed by atoms with van der Waals surface area (Å²) in [6.07, 6.45) is 3.53. The van der Waals surface area contributed by atoms with Crippen molar-refractivity contribution in [3.8, 4) is 0 Å². The Hall–Kier alpha value is -1.20. The smallest absolute Gasteiger partial charge is 0.217 e. The molecule has 1 fully saturated rings. The van der Waals surface area contributed by atoms with Gasteiger partial charge in [0.1, 0.15) is 10.0 Å². The quantitative estimate of drug-likeness (QED) is 0.396. The molecule has 1 unspecified atom stereocenters. The van der Waals surface area contributed by atoms with E-state index in [0.717, 1.165) is 55.3 Å². The van der Waals surface area contributed by atoms with Crippen molar-refractivity contribution in [3.63, 3.8) is 0 Å². The van der Waals surface area contributed by atoms with E-state index in [2.05, 4.69) is 47.1 Å². The molecule has 0 N–H and O–H groups in total. The average Bonchev–Trinajstić information content (AvgIpc) is 3.30. The minimum absolute atomic E-state index is 0.132. The number of hydrogen-bond acceptors (Lipinski definition) is 6. The van der Waals surface area contributed by atoms with Gasteiger partial charge < -0.3 is 9.30 Å². The number of aromatic nitrogens is 2. The zero-order valence-corrected chi connectivity index (χ0v) is 23.3. The van der Waals surface area contributed by atoms with Crippen molar-refractivity contribution in [1.29, 1.82) is 0 Å². The molecule has 180 valence electrons. The summed E-state index contributed by atoms with van der Waals surface area (Å²) in [6, 6.07) is 6.74. The molecular formula is C23H29BrN2O4S3. The maximum atomic E-state index is 13.5. The van der Waals surface area contributed by atoms with Crippen LogP contribution in [0.25, 0.3) is 11.0 Å². The fourth-order valence-electron chi connectivity index (χ4n) is 4.06. The largest absolute Gasteiger partial charge is 0.381 e. The number of halogens is 1. The van der Waals surface area contributed by atoms with E-state index in [1.807, 2.05) is 6.07 Å². The SMILES string of the molecule is C=S(C)(=O)c1cc(Br)c(S(=O)(=O)c2ccc3c(c2)nc(C(C)(C)C)n3CC2CCOCC2)s1. The van der Waals surface area contributed by atoms with Gasteiger partial charge in [0, 0.05) is 45.4 Å². The lowest BCUT2D eigenvalue weighted by Crippen LogP contribution is -2.25. The number of thiophene rings is 1. The summed E-state index contributed by atoms with van der Waals surface area (Å²) >= 11 is 4.34. The van der Waals surface area contributed by atoms with Gasteiger partial charge in [0.05, 0.1) is 20.1 Å². The Morgan fingerprint density at radius 2 is 1.88 bits per heavy atom. The molecule has 1 saturated heterocycles. The van der Waals surface area contributed by atoms with E-state index in [-0.39, 0.29) is 14.5 Å². The number of benzene rings is 1. The lowest BCUT2D eigenvalue weighted by atomic mass is 9.94. The normalized spacial score (nSPS) is 18.0. The molecule has 1 aliphatic heterocycles. The van der Waals surface area contributed by atoms with Gasteiger partial charge in [-0.25, -0.2) is 13.4 Å². The van der Waals surface area contributed by atoms with Crippen LogP contribution in [0.3, 0.4) is 0 Å². The van der Waals surface area contributed by atoms with E-state index < -0.39 is 19.4 Å². The Balaban J connectivity index is 1.80. The highest BCUT2D eigenvalue weighted by Crippen LogP contribution is 2.38. The maximum Gasteiger partial charge on any atom is 0.217 e.